The second-order valence-electron chi connectivity index (χ2n) is 3.54. The van der Waals surface area contributed by atoms with Gasteiger partial charge in [-0.3, -0.25) is 4.90 Å². The molecule has 15 heavy (non-hydrogen) atoms. The predicted octanol–water partition coefficient (Wildman–Crippen LogP) is 0.949. The van der Waals surface area contributed by atoms with Crippen LogP contribution < -0.4 is 5.73 Å². The molecule has 1 fully saturated rings. The highest BCUT2D eigenvalue weighted by molar-refractivity contribution is 5.69. The number of amides is 1. The SMILES string of the molecule is NCCC1CN(Cc2ccco2)C(=O)O1. The highest BCUT2D eigenvalue weighted by atomic mass is 16.6. The quantitative estimate of drug-likeness (QED) is 0.803. The van der Waals surface area contributed by atoms with E-state index < -0.39 is 0 Å². The number of nitrogens with two attached hydrogens (primary N) is 1. The Hall–Kier alpha value is -1.49. The number of nitrogens with zero attached hydrogens (tertiary/aromatic N) is 1. The first-order valence-corrected chi connectivity index (χ1v) is 4.97. The monoisotopic (exact) mass is 210 g/mol. The number of ether oxygens (including phenoxy) is 1. The molecule has 5 heteroatoms. The molecule has 0 spiro atoms. The van der Waals surface area contributed by atoms with Gasteiger partial charge >= 0.3 is 6.09 Å². The van der Waals surface area contributed by atoms with Crippen LogP contribution in [-0.4, -0.2) is 30.2 Å². The Morgan fingerprint density at radius 1 is 1.60 bits per heavy atom. The van der Waals surface area contributed by atoms with E-state index in [1.54, 1.807) is 17.2 Å². The molecule has 0 radical (unpaired) electrons. The Morgan fingerprint density at radius 2 is 2.47 bits per heavy atom. The minimum atomic E-state index is -0.287. The van der Waals surface area contributed by atoms with Crippen molar-refractivity contribution in [2.45, 2.75) is 19.1 Å². The zero-order chi connectivity index (χ0) is 10.7. The van der Waals surface area contributed by atoms with Gasteiger partial charge in [-0.2, -0.15) is 0 Å². The summed E-state index contributed by atoms with van der Waals surface area (Å²) in [6.07, 6.45) is 1.94. The summed E-state index contributed by atoms with van der Waals surface area (Å²) in [6.45, 7) is 1.59. The molecular weight excluding hydrogens is 196 g/mol. The Morgan fingerprint density at radius 3 is 3.13 bits per heavy atom. The predicted molar refractivity (Wildman–Crippen MR) is 53.1 cm³/mol. The highest BCUT2D eigenvalue weighted by Gasteiger charge is 2.30. The van der Waals surface area contributed by atoms with E-state index in [0.29, 0.717) is 26.1 Å². The van der Waals surface area contributed by atoms with Crippen LogP contribution in [0.3, 0.4) is 0 Å². The molecule has 1 amide bonds. The van der Waals surface area contributed by atoms with Crippen LogP contribution in [0.5, 0.6) is 0 Å². The average Bonchev–Trinajstić information content (AvgIpc) is 2.79. The van der Waals surface area contributed by atoms with Crippen LogP contribution in [0.4, 0.5) is 4.79 Å². The fourth-order valence-electron chi connectivity index (χ4n) is 1.63. The molecule has 1 saturated heterocycles. The molecule has 1 atom stereocenters. The topological polar surface area (TPSA) is 68.7 Å². The molecule has 5 nitrogen and oxygen atoms in total. The molecule has 1 aromatic heterocycles. The molecule has 1 aromatic rings. The van der Waals surface area contributed by atoms with Gasteiger partial charge in [0.25, 0.3) is 0 Å². The van der Waals surface area contributed by atoms with Crippen molar-refractivity contribution in [2.24, 2.45) is 5.73 Å². The normalized spacial score (nSPS) is 20.7. The van der Waals surface area contributed by atoms with Crippen LogP contribution >= 0.6 is 0 Å². The molecule has 82 valence electrons. The maximum absolute atomic E-state index is 11.4. The molecule has 2 rings (SSSR count). The van der Waals surface area contributed by atoms with E-state index in [2.05, 4.69) is 0 Å². The van der Waals surface area contributed by atoms with Crippen molar-refractivity contribution in [3.8, 4) is 0 Å². The maximum Gasteiger partial charge on any atom is 0.410 e. The minimum Gasteiger partial charge on any atom is -0.467 e. The third-order valence-electron chi connectivity index (χ3n) is 2.37. The third-order valence-corrected chi connectivity index (χ3v) is 2.37. The molecule has 0 bridgehead atoms. The first-order valence-electron chi connectivity index (χ1n) is 4.97. The number of furan rings is 1. The molecule has 2 heterocycles. The number of rotatable bonds is 4. The van der Waals surface area contributed by atoms with Crippen LogP contribution in [0.15, 0.2) is 22.8 Å². The summed E-state index contributed by atoms with van der Waals surface area (Å²) >= 11 is 0. The van der Waals surface area contributed by atoms with E-state index in [0.717, 1.165) is 5.76 Å². The summed E-state index contributed by atoms with van der Waals surface area (Å²) in [6, 6.07) is 3.64. The number of hydrogen-bond acceptors (Lipinski definition) is 4. The number of hydrogen-bond donors (Lipinski definition) is 1. The lowest BCUT2D eigenvalue weighted by Crippen LogP contribution is -2.24. The van der Waals surface area contributed by atoms with Crippen molar-refractivity contribution < 1.29 is 13.9 Å². The second-order valence-corrected chi connectivity index (χ2v) is 3.54. The number of carbonyl (C=O) groups is 1. The lowest BCUT2D eigenvalue weighted by molar-refractivity contribution is 0.128. The summed E-state index contributed by atoms with van der Waals surface area (Å²) in [7, 11) is 0. The van der Waals surface area contributed by atoms with Crippen LogP contribution in [-0.2, 0) is 11.3 Å². The van der Waals surface area contributed by atoms with Gasteiger partial charge in [0.05, 0.1) is 19.4 Å². The summed E-state index contributed by atoms with van der Waals surface area (Å²) in [5.41, 5.74) is 5.41. The van der Waals surface area contributed by atoms with E-state index in [1.165, 1.54) is 0 Å². The second kappa shape index (κ2) is 4.35. The Bertz CT molecular complexity index is 323. The zero-order valence-corrected chi connectivity index (χ0v) is 8.39. The van der Waals surface area contributed by atoms with Gasteiger partial charge in [-0.25, -0.2) is 4.79 Å². The van der Waals surface area contributed by atoms with Gasteiger partial charge in [0.15, 0.2) is 0 Å². The summed E-state index contributed by atoms with van der Waals surface area (Å²) < 4.78 is 10.3. The van der Waals surface area contributed by atoms with Crippen LogP contribution in [0.25, 0.3) is 0 Å². The van der Waals surface area contributed by atoms with E-state index in [-0.39, 0.29) is 12.2 Å². The molecule has 0 saturated carbocycles. The van der Waals surface area contributed by atoms with Gasteiger partial charge in [-0.15, -0.1) is 0 Å². The molecule has 1 aliphatic heterocycles. The van der Waals surface area contributed by atoms with Crippen molar-refractivity contribution in [3.05, 3.63) is 24.2 Å². The van der Waals surface area contributed by atoms with Crippen molar-refractivity contribution >= 4 is 6.09 Å². The Kier molecular flexibility index (Phi) is 2.91. The first-order chi connectivity index (χ1) is 7.29. The fourth-order valence-corrected chi connectivity index (χ4v) is 1.63. The lowest BCUT2D eigenvalue weighted by atomic mass is 10.2. The largest absolute Gasteiger partial charge is 0.467 e. The van der Waals surface area contributed by atoms with Crippen molar-refractivity contribution in [1.82, 2.24) is 4.90 Å². The third kappa shape index (κ3) is 2.30. The first kappa shape index (κ1) is 10.0. The average molecular weight is 210 g/mol. The van der Waals surface area contributed by atoms with Crippen LogP contribution in [0.1, 0.15) is 12.2 Å². The zero-order valence-electron chi connectivity index (χ0n) is 8.39. The number of carbonyl (C=O) groups excluding carboxylic acids is 1. The van der Waals surface area contributed by atoms with Gasteiger partial charge in [0.1, 0.15) is 11.9 Å². The standard InChI is InChI=1S/C10H14N2O3/c11-4-3-9-7-12(10(13)15-9)6-8-2-1-5-14-8/h1-2,5,9H,3-4,6-7,11H2. The molecule has 0 aliphatic carbocycles. The summed E-state index contributed by atoms with van der Waals surface area (Å²) in [4.78, 5) is 13.0. The van der Waals surface area contributed by atoms with Gasteiger partial charge in [0.2, 0.25) is 0 Å². The van der Waals surface area contributed by atoms with E-state index in [9.17, 15) is 4.79 Å². The molecule has 0 aromatic carbocycles. The Labute approximate surface area is 87.8 Å². The minimum absolute atomic E-state index is 0.0718. The summed E-state index contributed by atoms with van der Waals surface area (Å²) in [5.74, 6) is 0.764. The molecule has 1 unspecified atom stereocenters. The lowest BCUT2D eigenvalue weighted by Gasteiger charge is -2.10. The molecule has 2 N–H and O–H groups in total. The molecular formula is C10H14N2O3. The summed E-state index contributed by atoms with van der Waals surface area (Å²) in [5, 5.41) is 0. The van der Waals surface area contributed by atoms with Crippen molar-refractivity contribution in [1.29, 1.82) is 0 Å². The Balaban J connectivity index is 1.91. The number of cyclic esters (lactones) is 1. The van der Waals surface area contributed by atoms with Crippen molar-refractivity contribution in [2.75, 3.05) is 13.1 Å². The van der Waals surface area contributed by atoms with E-state index in [4.69, 9.17) is 14.9 Å². The van der Waals surface area contributed by atoms with Gasteiger partial charge < -0.3 is 14.9 Å². The van der Waals surface area contributed by atoms with Crippen LogP contribution in [0, 0.1) is 0 Å². The maximum atomic E-state index is 11.4. The van der Waals surface area contributed by atoms with Crippen LogP contribution in [0.2, 0.25) is 0 Å². The highest BCUT2D eigenvalue weighted by Crippen LogP contribution is 2.16. The van der Waals surface area contributed by atoms with E-state index >= 15 is 0 Å². The van der Waals surface area contributed by atoms with Gasteiger partial charge in [-0.05, 0) is 25.1 Å². The van der Waals surface area contributed by atoms with Gasteiger partial charge in [0, 0.05) is 0 Å². The van der Waals surface area contributed by atoms with E-state index in [1.807, 2.05) is 6.07 Å². The van der Waals surface area contributed by atoms with Gasteiger partial charge in [-0.1, -0.05) is 0 Å². The fraction of sp³-hybridized carbons (Fsp3) is 0.500. The smallest absolute Gasteiger partial charge is 0.410 e. The van der Waals surface area contributed by atoms with Crippen molar-refractivity contribution in [3.63, 3.8) is 0 Å². The molecule has 1 aliphatic rings.